The fourth-order valence-electron chi connectivity index (χ4n) is 3.25. The van der Waals surface area contributed by atoms with E-state index in [9.17, 15) is 22.2 Å². The number of amides is 1. The number of alkyl halides is 3. The van der Waals surface area contributed by atoms with Crippen LogP contribution in [0.2, 0.25) is 0 Å². The molecule has 2 aromatic rings. The molecule has 0 bridgehead atoms. The van der Waals surface area contributed by atoms with Crippen LogP contribution in [0.5, 0.6) is 0 Å². The molecule has 168 valence electrons. The van der Waals surface area contributed by atoms with Gasteiger partial charge in [0.25, 0.3) is 0 Å². The molecule has 1 atom stereocenters. The molecule has 0 radical (unpaired) electrons. The minimum Gasteiger partial charge on any atom is -0.332 e. The van der Waals surface area contributed by atoms with Gasteiger partial charge in [0, 0.05) is 43.4 Å². The molecule has 1 heterocycles. The number of rotatable bonds is 6. The van der Waals surface area contributed by atoms with Crippen molar-refractivity contribution in [3.05, 3.63) is 60.2 Å². The van der Waals surface area contributed by atoms with E-state index in [0.717, 1.165) is 15.5 Å². The van der Waals surface area contributed by atoms with Crippen LogP contribution in [0, 0.1) is 0 Å². The Hall–Kier alpha value is -2.04. The summed E-state index contributed by atoms with van der Waals surface area (Å²) in [6.07, 6.45) is -4.90. The molecule has 1 aliphatic rings. The Kier molecular flexibility index (Phi) is 7.66. The van der Waals surface area contributed by atoms with E-state index >= 15 is 0 Å². The van der Waals surface area contributed by atoms with Crippen molar-refractivity contribution in [3.63, 3.8) is 0 Å². The molecule has 0 N–H and O–H groups in total. The minimum atomic E-state index is -4.90. The zero-order valence-electron chi connectivity index (χ0n) is 17.0. The number of nitrogens with zero attached hydrogens (tertiary/aromatic N) is 3. The Bertz CT molecular complexity index is 997. The first kappa shape index (κ1) is 23.6. The summed E-state index contributed by atoms with van der Waals surface area (Å²) in [7, 11) is -2.96. The van der Waals surface area contributed by atoms with Gasteiger partial charge in [-0.2, -0.15) is 13.2 Å². The highest BCUT2D eigenvalue weighted by molar-refractivity contribution is 7.98. The summed E-state index contributed by atoms with van der Waals surface area (Å²) in [4.78, 5) is 13.8. The summed E-state index contributed by atoms with van der Waals surface area (Å²) in [5.41, 5.74) is 1.20. The maximum atomic E-state index is 13.7. The normalized spacial score (nSPS) is 17.2. The van der Waals surface area contributed by atoms with Gasteiger partial charge in [0.1, 0.15) is 9.92 Å². The van der Waals surface area contributed by atoms with Crippen molar-refractivity contribution in [2.24, 2.45) is 4.36 Å². The standard InChI is InChI=1S/C21H24F3N3O2S2/c1-2-25-31(29,27-14-12-26(13-15-27)20(28)21(22,23)24)19-10-8-18(9-11-19)30-16-17-6-4-3-5-7-17/h3-11H,2,12-16H2,1H3. The second-order valence-corrected chi connectivity index (χ2v) is 10.2. The number of thioether (sulfide) groups is 1. The van der Waals surface area contributed by atoms with Gasteiger partial charge in [0.15, 0.2) is 0 Å². The highest BCUT2D eigenvalue weighted by atomic mass is 32.2. The molecule has 0 spiro atoms. The molecule has 1 aliphatic heterocycles. The maximum Gasteiger partial charge on any atom is 0.471 e. The van der Waals surface area contributed by atoms with Crippen LogP contribution in [0.3, 0.4) is 0 Å². The molecule has 5 nitrogen and oxygen atoms in total. The Morgan fingerprint density at radius 1 is 1.03 bits per heavy atom. The van der Waals surface area contributed by atoms with Gasteiger partial charge in [-0.25, -0.2) is 12.9 Å². The number of piperazine rings is 1. The summed E-state index contributed by atoms with van der Waals surface area (Å²) in [5, 5.41) is 0. The van der Waals surface area contributed by atoms with Crippen LogP contribution < -0.4 is 0 Å². The predicted octanol–water partition coefficient (Wildman–Crippen LogP) is 4.45. The molecule has 31 heavy (non-hydrogen) atoms. The van der Waals surface area contributed by atoms with Crippen LogP contribution in [0.4, 0.5) is 13.2 Å². The van der Waals surface area contributed by atoms with E-state index < -0.39 is 22.0 Å². The summed E-state index contributed by atoms with van der Waals surface area (Å²) < 4.78 is 57.7. The van der Waals surface area contributed by atoms with Crippen LogP contribution >= 0.6 is 11.8 Å². The molecule has 0 aromatic heterocycles. The van der Waals surface area contributed by atoms with Crippen molar-refractivity contribution in [3.8, 4) is 0 Å². The number of hydrogen-bond donors (Lipinski definition) is 0. The van der Waals surface area contributed by atoms with Crippen LogP contribution in [-0.2, 0) is 20.5 Å². The van der Waals surface area contributed by atoms with Crippen molar-refractivity contribution >= 4 is 27.6 Å². The van der Waals surface area contributed by atoms with Crippen LogP contribution in [0.15, 0.2) is 68.8 Å². The van der Waals surface area contributed by atoms with Crippen molar-refractivity contribution in [1.82, 2.24) is 9.21 Å². The van der Waals surface area contributed by atoms with Gasteiger partial charge in [-0.1, -0.05) is 30.3 Å². The monoisotopic (exact) mass is 471 g/mol. The summed E-state index contributed by atoms with van der Waals surface area (Å²) in [6, 6.07) is 17.4. The second kappa shape index (κ2) is 10.1. The number of halogens is 3. The maximum absolute atomic E-state index is 13.7. The molecule has 2 aromatic carbocycles. The first-order valence-electron chi connectivity index (χ1n) is 9.85. The summed E-state index contributed by atoms with van der Waals surface area (Å²) >= 11 is 1.66. The van der Waals surface area contributed by atoms with Gasteiger partial charge in [-0.3, -0.25) is 4.79 Å². The van der Waals surface area contributed by atoms with Gasteiger partial charge >= 0.3 is 12.1 Å². The first-order chi connectivity index (χ1) is 14.7. The van der Waals surface area contributed by atoms with Crippen molar-refractivity contribution in [1.29, 1.82) is 0 Å². The molecule has 10 heteroatoms. The lowest BCUT2D eigenvalue weighted by Gasteiger charge is -2.36. The third-order valence-electron chi connectivity index (χ3n) is 4.80. The molecule has 1 saturated heterocycles. The molecule has 3 rings (SSSR count). The van der Waals surface area contributed by atoms with Crippen LogP contribution in [-0.4, -0.2) is 58.2 Å². The quantitative estimate of drug-likeness (QED) is 0.585. The zero-order valence-corrected chi connectivity index (χ0v) is 18.7. The van der Waals surface area contributed by atoms with E-state index in [2.05, 4.69) is 16.5 Å². The zero-order chi connectivity index (χ0) is 22.5. The van der Waals surface area contributed by atoms with E-state index in [1.807, 2.05) is 30.3 Å². The SMILES string of the molecule is CCN=S(=O)(c1ccc(SCc2ccccc2)cc1)N1CCN(C(=O)C(F)(F)F)CC1. The average Bonchev–Trinajstić information content (AvgIpc) is 2.78. The molecule has 0 saturated carbocycles. The van der Waals surface area contributed by atoms with Gasteiger partial charge < -0.3 is 4.90 Å². The summed E-state index contributed by atoms with van der Waals surface area (Å²) in [6.45, 7) is 1.93. The smallest absolute Gasteiger partial charge is 0.332 e. The average molecular weight is 472 g/mol. The van der Waals surface area contributed by atoms with Crippen molar-refractivity contribution in [2.45, 2.75) is 28.6 Å². The molecular formula is C21H24F3N3O2S2. The Morgan fingerprint density at radius 3 is 2.19 bits per heavy atom. The van der Waals surface area contributed by atoms with Crippen molar-refractivity contribution in [2.75, 3.05) is 32.7 Å². The third kappa shape index (κ3) is 5.81. The minimum absolute atomic E-state index is 0.0641. The van der Waals surface area contributed by atoms with Crippen LogP contribution in [0.1, 0.15) is 12.5 Å². The van der Waals surface area contributed by atoms with Gasteiger partial charge in [-0.15, -0.1) is 11.8 Å². The lowest BCUT2D eigenvalue weighted by Crippen LogP contribution is -2.53. The summed E-state index contributed by atoms with van der Waals surface area (Å²) in [5.74, 6) is -1.05. The van der Waals surface area contributed by atoms with Gasteiger partial charge in [0.2, 0.25) is 0 Å². The first-order valence-corrected chi connectivity index (χ1v) is 12.3. The van der Waals surface area contributed by atoms with E-state index in [4.69, 9.17) is 0 Å². The van der Waals surface area contributed by atoms with E-state index in [0.29, 0.717) is 11.4 Å². The molecular weight excluding hydrogens is 447 g/mol. The largest absolute Gasteiger partial charge is 0.471 e. The van der Waals surface area contributed by atoms with Gasteiger partial charge in [-0.05, 0) is 36.8 Å². The molecule has 1 fully saturated rings. The number of carbonyl (C=O) groups is 1. The molecule has 0 aliphatic carbocycles. The Morgan fingerprint density at radius 2 is 1.65 bits per heavy atom. The Labute approximate surface area is 184 Å². The third-order valence-corrected chi connectivity index (χ3v) is 8.44. The van der Waals surface area contributed by atoms with E-state index in [1.165, 1.54) is 5.56 Å². The van der Waals surface area contributed by atoms with E-state index in [1.54, 1.807) is 35.1 Å². The van der Waals surface area contributed by atoms with Crippen LogP contribution in [0.25, 0.3) is 0 Å². The number of hydrogen-bond acceptors (Lipinski definition) is 4. The van der Waals surface area contributed by atoms with Gasteiger partial charge in [0.05, 0.1) is 4.90 Å². The highest BCUT2D eigenvalue weighted by Gasteiger charge is 2.43. The number of benzene rings is 2. The van der Waals surface area contributed by atoms with E-state index in [-0.39, 0.29) is 26.2 Å². The highest BCUT2D eigenvalue weighted by Crippen LogP contribution is 2.27. The lowest BCUT2D eigenvalue weighted by atomic mass is 10.2. The van der Waals surface area contributed by atoms with Crippen molar-refractivity contribution < 1.29 is 22.2 Å². The fraction of sp³-hybridized carbons (Fsp3) is 0.381. The molecule has 1 amide bonds. The fourth-order valence-corrected chi connectivity index (χ4v) is 6.22. The second-order valence-electron chi connectivity index (χ2n) is 6.91. The molecule has 1 unspecified atom stereocenters. The topological polar surface area (TPSA) is 53.0 Å². The Balaban J connectivity index is 1.70. The number of carbonyl (C=O) groups excluding carboxylic acids is 1. The lowest BCUT2D eigenvalue weighted by molar-refractivity contribution is -0.186. The predicted molar refractivity (Wildman–Crippen MR) is 116 cm³/mol.